The third-order valence-electron chi connectivity index (χ3n) is 6.19. The molecule has 1 aromatic carbocycles. The maximum absolute atomic E-state index is 12.4. The van der Waals surface area contributed by atoms with Crippen LogP contribution >= 0.6 is 0 Å². The van der Waals surface area contributed by atoms with E-state index in [9.17, 15) is 34.6 Å². The standard InChI is InChI=1S/C21H31BN4O8/c1-21(23,20(31)24-7-16(27)25(2)3)10-26-8-11(9-26)34-15-5-4-12(13-6-14(13)22(32)33)18(28)17(15)19(29)30/h4-5,11,13-14,28,32-33H,6-10,23H2,1-3H3,(H,24,31)(H,29,30)/t13-,14-,21-/m1/s1. The van der Waals surface area contributed by atoms with Crippen LogP contribution < -0.4 is 15.8 Å². The molecule has 0 spiro atoms. The molecule has 1 aromatic rings. The van der Waals surface area contributed by atoms with Crippen molar-refractivity contribution in [3.63, 3.8) is 0 Å². The summed E-state index contributed by atoms with van der Waals surface area (Å²) in [6.07, 6.45) is 0.0713. The molecule has 2 amide bonds. The number of benzene rings is 1. The fraction of sp³-hybridized carbons (Fsp3) is 0.571. The van der Waals surface area contributed by atoms with Gasteiger partial charge in [-0.3, -0.25) is 14.5 Å². The van der Waals surface area contributed by atoms with E-state index < -0.39 is 36.1 Å². The Bertz CT molecular complexity index is 964. The topological polar surface area (TPSA) is 186 Å². The molecule has 34 heavy (non-hydrogen) atoms. The fourth-order valence-electron chi connectivity index (χ4n) is 4.05. The van der Waals surface area contributed by atoms with Crippen molar-refractivity contribution in [3.05, 3.63) is 23.3 Å². The van der Waals surface area contributed by atoms with Crippen molar-refractivity contribution in [1.29, 1.82) is 0 Å². The number of likely N-dealkylation sites (N-methyl/N-ethyl adjacent to an activating group) is 1. The van der Waals surface area contributed by atoms with Crippen LogP contribution in [0.2, 0.25) is 5.82 Å². The van der Waals surface area contributed by atoms with Crippen LogP contribution in [0.3, 0.4) is 0 Å². The van der Waals surface area contributed by atoms with Crippen molar-refractivity contribution in [3.8, 4) is 11.5 Å². The van der Waals surface area contributed by atoms with Gasteiger partial charge in [-0.05, 0) is 30.9 Å². The maximum atomic E-state index is 12.4. The fourth-order valence-corrected chi connectivity index (χ4v) is 4.05. The van der Waals surface area contributed by atoms with Gasteiger partial charge in [-0.25, -0.2) is 4.79 Å². The SMILES string of the molecule is CN(C)C(=O)CNC(=O)[C@](C)(N)CN1CC(Oc2ccc([C@H]3C[C@H]3B(O)O)c(O)c2C(=O)O)C1. The number of aromatic carboxylic acids is 1. The van der Waals surface area contributed by atoms with Crippen LogP contribution in [0.15, 0.2) is 12.1 Å². The maximum Gasteiger partial charge on any atom is 0.455 e. The highest BCUT2D eigenvalue weighted by Crippen LogP contribution is 2.56. The summed E-state index contributed by atoms with van der Waals surface area (Å²) in [6, 6.07) is 3.00. The number of carbonyl (C=O) groups is 3. The van der Waals surface area contributed by atoms with E-state index in [1.165, 1.54) is 17.0 Å². The summed E-state index contributed by atoms with van der Waals surface area (Å²) in [4.78, 5) is 39.0. The molecule has 1 saturated carbocycles. The molecule has 2 aliphatic rings. The normalized spacial score (nSPS) is 21.7. The zero-order valence-corrected chi connectivity index (χ0v) is 19.4. The van der Waals surface area contributed by atoms with Crippen LogP contribution in [0.25, 0.3) is 0 Å². The number of carbonyl (C=O) groups excluding carboxylic acids is 2. The Balaban J connectivity index is 1.56. The molecule has 0 aromatic heterocycles. The van der Waals surface area contributed by atoms with Crippen LogP contribution in [-0.2, 0) is 9.59 Å². The number of rotatable bonds is 10. The van der Waals surface area contributed by atoms with Crippen molar-refractivity contribution in [2.75, 3.05) is 40.3 Å². The third-order valence-corrected chi connectivity index (χ3v) is 6.19. The van der Waals surface area contributed by atoms with E-state index in [0.29, 0.717) is 25.1 Å². The molecule has 7 N–H and O–H groups in total. The smallest absolute Gasteiger partial charge is 0.455 e. The average molecular weight is 478 g/mol. The van der Waals surface area contributed by atoms with Gasteiger partial charge in [0, 0.05) is 39.5 Å². The molecule has 3 atom stereocenters. The van der Waals surface area contributed by atoms with Gasteiger partial charge in [0.15, 0.2) is 0 Å². The quantitative estimate of drug-likeness (QED) is 0.214. The molecular formula is C21H31BN4O8. The zero-order chi connectivity index (χ0) is 25.4. The molecule has 0 radical (unpaired) electrons. The van der Waals surface area contributed by atoms with Gasteiger partial charge in [0.1, 0.15) is 28.7 Å². The van der Waals surface area contributed by atoms with Gasteiger partial charge in [0.05, 0.1) is 6.54 Å². The largest absolute Gasteiger partial charge is 0.507 e. The molecule has 1 saturated heterocycles. The highest BCUT2D eigenvalue weighted by Gasteiger charge is 2.48. The molecule has 2 fully saturated rings. The van der Waals surface area contributed by atoms with Crippen molar-refractivity contribution in [2.45, 2.75) is 36.7 Å². The number of hydrogen-bond acceptors (Lipinski definition) is 9. The van der Waals surface area contributed by atoms with Crippen LogP contribution in [0.1, 0.15) is 35.2 Å². The second-order valence-corrected chi connectivity index (χ2v) is 9.42. The Morgan fingerprint density at radius 1 is 1.29 bits per heavy atom. The molecule has 0 bridgehead atoms. The lowest BCUT2D eigenvalue weighted by Gasteiger charge is -2.42. The minimum Gasteiger partial charge on any atom is -0.507 e. The number of ether oxygens (including phenoxy) is 1. The van der Waals surface area contributed by atoms with Gasteiger partial charge in [-0.2, -0.15) is 0 Å². The number of nitrogens with zero attached hydrogens (tertiary/aromatic N) is 2. The van der Waals surface area contributed by atoms with E-state index in [1.807, 2.05) is 4.90 Å². The highest BCUT2D eigenvalue weighted by atomic mass is 16.5. The minimum absolute atomic E-state index is 0.00981. The summed E-state index contributed by atoms with van der Waals surface area (Å²) in [5.74, 6) is -3.27. The summed E-state index contributed by atoms with van der Waals surface area (Å²) < 4.78 is 5.79. The second kappa shape index (κ2) is 9.78. The van der Waals surface area contributed by atoms with Crippen LogP contribution in [0.4, 0.5) is 0 Å². The Labute approximate surface area is 197 Å². The van der Waals surface area contributed by atoms with E-state index in [2.05, 4.69) is 5.32 Å². The van der Waals surface area contributed by atoms with Gasteiger partial charge in [-0.15, -0.1) is 0 Å². The lowest BCUT2D eigenvalue weighted by Crippen LogP contribution is -2.64. The lowest BCUT2D eigenvalue weighted by atomic mass is 9.81. The number of nitrogens with two attached hydrogens (primary N) is 1. The second-order valence-electron chi connectivity index (χ2n) is 9.42. The summed E-state index contributed by atoms with van der Waals surface area (Å²) in [6.45, 7) is 2.39. The first-order chi connectivity index (χ1) is 15.8. The van der Waals surface area contributed by atoms with Crippen LogP contribution in [0.5, 0.6) is 11.5 Å². The average Bonchev–Trinajstić information content (AvgIpc) is 3.50. The zero-order valence-electron chi connectivity index (χ0n) is 19.4. The van der Waals surface area contributed by atoms with Gasteiger partial charge in [0.2, 0.25) is 11.8 Å². The first kappa shape index (κ1) is 25.8. The predicted octanol–water partition coefficient (Wildman–Crippen LogP) is -1.59. The highest BCUT2D eigenvalue weighted by molar-refractivity contribution is 6.44. The summed E-state index contributed by atoms with van der Waals surface area (Å²) in [5.41, 5.74) is 4.85. The lowest BCUT2D eigenvalue weighted by molar-refractivity contribution is -0.133. The Morgan fingerprint density at radius 2 is 1.94 bits per heavy atom. The number of nitrogens with one attached hydrogen (secondary N) is 1. The van der Waals surface area contributed by atoms with Gasteiger partial charge in [0.25, 0.3) is 0 Å². The number of carboxylic acids is 1. The van der Waals surface area contributed by atoms with E-state index in [4.69, 9.17) is 10.5 Å². The van der Waals surface area contributed by atoms with Crippen LogP contribution in [-0.4, -0.2) is 107 Å². The van der Waals surface area contributed by atoms with E-state index in [-0.39, 0.29) is 42.3 Å². The minimum atomic E-state index is -1.53. The third kappa shape index (κ3) is 5.61. The van der Waals surface area contributed by atoms with Crippen molar-refractivity contribution < 1.29 is 39.4 Å². The molecular weight excluding hydrogens is 447 g/mol. The molecule has 1 aliphatic heterocycles. The molecule has 1 heterocycles. The monoisotopic (exact) mass is 478 g/mol. The molecule has 0 unspecified atom stereocenters. The summed E-state index contributed by atoms with van der Waals surface area (Å²) in [5, 5.41) is 41.3. The first-order valence-corrected chi connectivity index (χ1v) is 10.9. The number of amides is 2. The number of phenols is 1. The molecule has 12 nitrogen and oxygen atoms in total. The van der Waals surface area contributed by atoms with E-state index in [1.54, 1.807) is 21.0 Å². The number of carboxylic acid groups (broad SMARTS) is 1. The van der Waals surface area contributed by atoms with Gasteiger partial charge < -0.3 is 40.9 Å². The first-order valence-electron chi connectivity index (χ1n) is 10.9. The summed E-state index contributed by atoms with van der Waals surface area (Å²) in [7, 11) is 1.64. The summed E-state index contributed by atoms with van der Waals surface area (Å²) >= 11 is 0. The Kier molecular flexibility index (Phi) is 7.41. The van der Waals surface area contributed by atoms with Crippen molar-refractivity contribution in [1.82, 2.24) is 15.1 Å². The Morgan fingerprint density at radius 3 is 2.47 bits per heavy atom. The van der Waals surface area contributed by atoms with E-state index >= 15 is 0 Å². The van der Waals surface area contributed by atoms with Gasteiger partial charge >= 0.3 is 13.1 Å². The predicted molar refractivity (Wildman–Crippen MR) is 122 cm³/mol. The molecule has 13 heteroatoms. The van der Waals surface area contributed by atoms with Crippen molar-refractivity contribution in [2.24, 2.45) is 5.73 Å². The van der Waals surface area contributed by atoms with E-state index in [0.717, 1.165) is 0 Å². The number of likely N-dealkylation sites (tertiary alicyclic amines) is 1. The number of aromatic hydroxyl groups is 1. The number of hydrogen-bond donors (Lipinski definition) is 6. The van der Waals surface area contributed by atoms with Crippen molar-refractivity contribution >= 4 is 24.9 Å². The molecule has 1 aliphatic carbocycles. The molecule has 186 valence electrons. The molecule has 3 rings (SSSR count). The van der Waals surface area contributed by atoms with Crippen LogP contribution in [0, 0.1) is 0 Å². The van der Waals surface area contributed by atoms with Gasteiger partial charge in [-0.1, -0.05) is 6.07 Å². The Hall–Kier alpha value is -2.87.